The summed E-state index contributed by atoms with van der Waals surface area (Å²) < 4.78 is 0. The number of benzene rings is 1. The van der Waals surface area contributed by atoms with E-state index in [0.717, 1.165) is 6.07 Å². The summed E-state index contributed by atoms with van der Waals surface area (Å²) in [5.41, 5.74) is 4.63. The predicted octanol–water partition coefficient (Wildman–Crippen LogP) is 1.96. The van der Waals surface area contributed by atoms with Crippen molar-refractivity contribution in [1.29, 1.82) is 0 Å². The Morgan fingerprint density at radius 3 is 2.54 bits per heavy atom. The molecule has 0 saturated heterocycles. The molecule has 0 aliphatic rings. The van der Waals surface area contributed by atoms with E-state index < -0.39 is 16.4 Å². The zero-order valence-electron chi connectivity index (χ0n) is 6.23. The maximum Gasteiger partial charge on any atom is 0.314 e. The van der Waals surface area contributed by atoms with Crippen LogP contribution < -0.4 is 5.73 Å². The molecule has 0 bridgehead atoms. The van der Waals surface area contributed by atoms with Crippen LogP contribution in [0.25, 0.3) is 0 Å². The number of phenolic OH excluding ortho intramolecular Hbond substituents is 1. The van der Waals surface area contributed by atoms with Crippen LogP contribution >= 0.6 is 24.0 Å². The number of anilines is 1. The van der Waals surface area contributed by atoms with Crippen molar-refractivity contribution in [2.75, 3.05) is 5.73 Å². The fourth-order valence-corrected chi connectivity index (χ4v) is 0.966. The zero-order chi connectivity index (χ0) is 9.30. The van der Waals surface area contributed by atoms with E-state index in [1.54, 1.807) is 0 Å². The smallest absolute Gasteiger partial charge is 0.314 e. The lowest BCUT2D eigenvalue weighted by Crippen LogP contribution is -1.92. The maximum absolute atomic E-state index is 10.3. The van der Waals surface area contributed by atoms with Crippen LogP contribution in [-0.4, -0.2) is 10.0 Å². The number of hydrogen-bond acceptors (Lipinski definition) is 4. The minimum Gasteiger partial charge on any atom is -0.501 e. The highest BCUT2D eigenvalue weighted by Crippen LogP contribution is 2.34. The monoisotopic (exact) mass is 224 g/mol. The molecule has 0 radical (unpaired) electrons. The lowest BCUT2D eigenvalue weighted by Gasteiger charge is -1.99. The summed E-state index contributed by atoms with van der Waals surface area (Å²) in [5.74, 6) is -0.551. The Morgan fingerprint density at radius 2 is 2.08 bits per heavy atom. The van der Waals surface area contributed by atoms with Crippen LogP contribution in [0.5, 0.6) is 5.75 Å². The summed E-state index contributed by atoms with van der Waals surface area (Å²) >= 11 is 5.47. The Hall–Kier alpha value is -1.20. The number of aromatic hydroxyl groups is 1. The van der Waals surface area contributed by atoms with Crippen LogP contribution in [-0.2, 0) is 0 Å². The number of nitrogen functional groups attached to an aromatic ring is 1. The first-order chi connectivity index (χ1) is 5.52. The molecule has 0 fully saturated rings. The molecule has 0 aliphatic heterocycles. The summed E-state index contributed by atoms with van der Waals surface area (Å²) in [4.78, 5) is 9.51. The van der Waals surface area contributed by atoms with Crippen molar-refractivity contribution in [3.8, 4) is 5.75 Å². The van der Waals surface area contributed by atoms with E-state index in [0.29, 0.717) is 0 Å². The molecule has 5 nitrogen and oxygen atoms in total. The molecule has 1 aromatic rings. The van der Waals surface area contributed by atoms with Gasteiger partial charge in [-0.25, -0.2) is 0 Å². The lowest BCUT2D eigenvalue weighted by molar-refractivity contribution is -0.385. The van der Waals surface area contributed by atoms with Crippen molar-refractivity contribution in [3.05, 3.63) is 27.3 Å². The van der Waals surface area contributed by atoms with E-state index in [4.69, 9.17) is 22.4 Å². The van der Waals surface area contributed by atoms with Gasteiger partial charge in [0.05, 0.1) is 10.6 Å². The highest BCUT2D eigenvalue weighted by molar-refractivity contribution is 6.31. The molecule has 7 heteroatoms. The van der Waals surface area contributed by atoms with Gasteiger partial charge in [-0.1, -0.05) is 11.6 Å². The normalized spacial score (nSPS) is 9.00. The van der Waals surface area contributed by atoms with Gasteiger partial charge in [-0.05, 0) is 6.07 Å². The number of rotatable bonds is 1. The average molecular weight is 225 g/mol. The van der Waals surface area contributed by atoms with Crippen LogP contribution in [0.1, 0.15) is 0 Å². The number of nitro benzene ring substituents is 1. The second-order valence-electron chi connectivity index (χ2n) is 2.12. The first-order valence-corrected chi connectivity index (χ1v) is 3.32. The van der Waals surface area contributed by atoms with Gasteiger partial charge in [0, 0.05) is 11.1 Å². The Labute approximate surface area is 84.7 Å². The maximum atomic E-state index is 10.3. The second kappa shape index (κ2) is 4.15. The van der Waals surface area contributed by atoms with E-state index in [1.165, 1.54) is 6.07 Å². The van der Waals surface area contributed by atoms with Crippen LogP contribution in [0.4, 0.5) is 11.4 Å². The molecule has 72 valence electrons. The Kier molecular flexibility index (Phi) is 3.77. The largest absolute Gasteiger partial charge is 0.501 e. The van der Waals surface area contributed by atoms with Crippen molar-refractivity contribution in [2.45, 2.75) is 0 Å². The molecule has 0 aromatic heterocycles. The van der Waals surface area contributed by atoms with Gasteiger partial charge < -0.3 is 10.8 Å². The summed E-state index contributed by atoms with van der Waals surface area (Å²) in [6.07, 6.45) is 0. The number of nitrogens with zero attached hydrogens (tertiary/aromatic N) is 1. The van der Waals surface area contributed by atoms with Crippen molar-refractivity contribution in [2.24, 2.45) is 0 Å². The average Bonchev–Trinajstić information content (AvgIpc) is 1.96. The number of phenols is 1. The fraction of sp³-hybridized carbons (Fsp3) is 0. The third-order valence-electron chi connectivity index (χ3n) is 1.28. The highest BCUT2D eigenvalue weighted by atomic mass is 35.5. The Bertz CT molecular complexity index is 343. The molecule has 3 N–H and O–H groups in total. The molecule has 0 aliphatic carbocycles. The predicted molar refractivity (Wildman–Crippen MR) is 51.4 cm³/mol. The van der Waals surface area contributed by atoms with E-state index in [2.05, 4.69) is 0 Å². The van der Waals surface area contributed by atoms with Gasteiger partial charge in [-0.15, -0.1) is 12.4 Å². The number of nitrogens with two attached hydrogens (primary N) is 1. The van der Waals surface area contributed by atoms with E-state index >= 15 is 0 Å². The van der Waals surface area contributed by atoms with Crippen molar-refractivity contribution < 1.29 is 10.0 Å². The third-order valence-corrected chi connectivity index (χ3v) is 1.50. The lowest BCUT2D eigenvalue weighted by atomic mass is 10.2. The fourth-order valence-electron chi connectivity index (χ4n) is 0.745. The third kappa shape index (κ3) is 2.37. The van der Waals surface area contributed by atoms with Gasteiger partial charge in [0.2, 0.25) is 5.75 Å². The second-order valence-corrected chi connectivity index (χ2v) is 2.56. The van der Waals surface area contributed by atoms with Crippen LogP contribution in [0, 0.1) is 10.1 Å². The molecule has 1 aromatic carbocycles. The molecule has 0 unspecified atom stereocenters. The van der Waals surface area contributed by atoms with Crippen LogP contribution in [0.15, 0.2) is 12.1 Å². The molecule has 0 spiro atoms. The summed E-state index contributed by atoms with van der Waals surface area (Å²) in [7, 11) is 0. The summed E-state index contributed by atoms with van der Waals surface area (Å²) in [6, 6.07) is 2.27. The van der Waals surface area contributed by atoms with Crippen LogP contribution in [0.3, 0.4) is 0 Å². The SMILES string of the molecule is Cl.Nc1cc(Cl)cc([N+](=O)[O-])c1O. The highest BCUT2D eigenvalue weighted by Gasteiger charge is 2.16. The first-order valence-electron chi connectivity index (χ1n) is 2.94. The number of halogens is 2. The first kappa shape index (κ1) is 11.8. The van der Waals surface area contributed by atoms with E-state index in [9.17, 15) is 10.1 Å². The zero-order valence-corrected chi connectivity index (χ0v) is 7.80. The molecule has 1 rings (SSSR count). The molecule has 0 saturated carbocycles. The van der Waals surface area contributed by atoms with E-state index in [1.807, 2.05) is 0 Å². The van der Waals surface area contributed by atoms with Gasteiger partial charge in [0.1, 0.15) is 0 Å². The molecule has 13 heavy (non-hydrogen) atoms. The molecular weight excluding hydrogens is 219 g/mol. The van der Waals surface area contributed by atoms with Gasteiger partial charge >= 0.3 is 5.69 Å². The summed E-state index contributed by atoms with van der Waals surface area (Å²) in [5, 5.41) is 19.4. The van der Waals surface area contributed by atoms with Gasteiger partial charge in [0.15, 0.2) is 0 Å². The standard InChI is InChI=1S/C6H5ClN2O3.ClH/c7-3-1-4(8)6(10)5(2-3)9(11)12;/h1-2,10H,8H2;1H. The molecule has 0 heterocycles. The van der Waals surface area contributed by atoms with E-state index in [-0.39, 0.29) is 23.1 Å². The minimum absolute atomic E-state index is 0. The summed E-state index contributed by atoms with van der Waals surface area (Å²) in [6.45, 7) is 0. The van der Waals surface area contributed by atoms with Gasteiger partial charge in [0.25, 0.3) is 0 Å². The minimum atomic E-state index is -0.752. The van der Waals surface area contributed by atoms with Crippen molar-refractivity contribution in [1.82, 2.24) is 0 Å². The quantitative estimate of drug-likeness (QED) is 0.331. The molecule has 0 amide bonds. The van der Waals surface area contributed by atoms with Gasteiger partial charge in [-0.2, -0.15) is 0 Å². The van der Waals surface area contributed by atoms with Crippen molar-refractivity contribution >= 4 is 35.4 Å². The van der Waals surface area contributed by atoms with Crippen LogP contribution in [0.2, 0.25) is 5.02 Å². The Balaban J connectivity index is 0.00000144. The molecular formula is C6H6Cl2N2O3. The van der Waals surface area contributed by atoms with Crippen molar-refractivity contribution in [3.63, 3.8) is 0 Å². The Morgan fingerprint density at radius 1 is 1.54 bits per heavy atom. The number of nitro groups is 1. The molecule has 0 atom stereocenters. The van der Waals surface area contributed by atoms with Gasteiger partial charge in [-0.3, -0.25) is 10.1 Å². The topological polar surface area (TPSA) is 89.4 Å². The number of hydrogen-bond donors (Lipinski definition) is 2.